The maximum atomic E-state index is 11.7. The molecule has 0 spiro atoms. The van der Waals surface area contributed by atoms with E-state index in [2.05, 4.69) is 28.8 Å². The number of amides is 1. The third kappa shape index (κ3) is 2.77. The number of hydrogen-bond donors (Lipinski definition) is 1. The van der Waals surface area contributed by atoms with E-state index in [-0.39, 0.29) is 0 Å². The van der Waals surface area contributed by atoms with Gasteiger partial charge in [0.25, 0.3) is 5.91 Å². The summed E-state index contributed by atoms with van der Waals surface area (Å²) in [6, 6.07) is 2.35. The largest absolute Gasteiger partial charge is 0.365 e. The van der Waals surface area contributed by atoms with Gasteiger partial charge in [-0.2, -0.15) is 0 Å². The Labute approximate surface area is 120 Å². The van der Waals surface area contributed by atoms with E-state index in [1.165, 1.54) is 0 Å². The second-order valence-electron chi connectivity index (χ2n) is 5.61. The third-order valence-electron chi connectivity index (χ3n) is 4.26. The zero-order chi connectivity index (χ0) is 14.9. The highest BCUT2D eigenvalue weighted by molar-refractivity contribution is 5.98. The van der Waals surface area contributed by atoms with Crippen LogP contribution in [0.1, 0.15) is 35.0 Å². The molecule has 0 aliphatic carbocycles. The Hall–Kier alpha value is -1.62. The zero-order valence-corrected chi connectivity index (χ0v) is 12.8. The number of aryl methyl sites for hydroxylation is 2. The standard InChI is InChI=1S/C15H24N4O/c1-5-12-9-19(7-6-18(12)4)15-13(14(16)20)8-10(2)11(3)17-15/h8,12H,5-7,9H2,1-4H3,(H2,16,20)/t12-/m0/s1. The molecule has 110 valence electrons. The normalized spacial score (nSPS) is 20.2. The summed E-state index contributed by atoms with van der Waals surface area (Å²) in [6.45, 7) is 8.86. The number of primary amides is 1. The molecule has 1 saturated heterocycles. The molecule has 0 saturated carbocycles. The average molecular weight is 276 g/mol. The number of hydrogen-bond acceptors (Lipinski definition) is 4. The van der Waals surface area contributed by atoms with Crippen LogP contribution in [0.3, 0.4) is 0 Å². The lowest BCUT2D eigenvalue weighted by Crippen LogP contribution is -2.52. The van der Waals surface area contributed by atoms with Gasteiger partial charge in [0.1, 0.15) is 5.82 Å². The van der Waals surface area contributed by atoms with E-state index in [4.69, 9.17) is 5.73 Å². The third-order valence-corrected chi connectivity index (χ3v) is 4.26. The fourth-order valence-electron chi connectivity index (χ4n) is 2.69. The number of carbonyl (C=O) groups excluding carboxylic acids is 1. The van der Waals surface area contributed by atoms with Crippen LogP contribution in [-0.2, 0) is 0 Å². The van der Waals surface area contributed by atoms with Gasteiger partial charge >= 0.3 is 0 Å². The molecule has 1 aromatic rings. The second kappa shape index (κ2) is 5.79. The monoisotopic (exact) mass is 276 g/mol. The first-order valence-corrected chi connectivity index (χ1v) is 7.17. The van der Waals surface area contributed by atoms with Gasteiger partial charge in [-0.05, 0) is 38.9 Å². The Morgan fingerprint density at radius 3 is 2.75 bits per heavy atom. The maximum absolute atomic E-state index is 11.7. The summed E-state index contributed by atoms with van der Waals surface area (Å²) >= 11 is 0. The van der Waals surface area contributed by atoms with Gasteiger partial charge in [0.05, 0.1) is 5.56 Å². The molecular weight excluding hydrogens is 252 g/mol. The minimum atomic E-state index is -0.400. The van der Waals surface area contributed by atoms with Crippen LogP contribution >= 0.6 is 0 Å². The summed E-state index contributed by atoms with van der Waals surface area (Å²) in [4.78, 5) is 20.9. The highest BCUT2D eigenvalue weighted by Gasteiger charge is 2.26. The number of piperazine rings is 1. The van der Waals surface area contributed by atoms with Gasteiger partial charge < -0.3 is 10.6 Å². The van der Waals surface area contributed by atoms with Crippen LogP contribution < -0.4 is 10.6 Å². The lowest BCUT2D eigenvalue weighted by Gasteiger charge is -2.40. The van der Waals surface area contributed by atoms with Crippen molar-refractivity contribution in [3.8, 4) is 0 Å². The number of nitrogens with two attached hydrogens (primary N) is 1. The molecule has 1 atom stereocenters. The van der Waals surface area contributed by atoms with Gasteiger partial charge in [-0.25, -0.2) is 4.98 Å². The van der Waals surface area contributed by atoms with Crippen LogP contribution in [0.25, 0.3) is 0 Å². The molecule has 0 radical (unpaired) electrons. The Balaban J connectivity index is 2.36. The van der Waals surface area contributed by atoms with Crippen molar-refractivity contribution in [1.29, 1.82) is 0 Å². The molecule has 0 bridgehead atoms. The Bertz CT molecular complexity index is 515. The summed E-state index contributed by atoms with van der Waals surface area (Å²) in [5.74, 6) is 0.342. The first-order chi connectivity index (χ1) is 9.43. The lowest BCUT2D eigenvalue weighted by molar-refractivity contribution is 0.1000. The maximum Gasteiger partial charge on any atom is 0.252 e. The molecule has 5 heteroatoms. The van der Waals surface area contributed by atoms with Crippen molar-refractivity contribution in [3.63, 3.8) is 0 Å². The van der Waals surface area contributed by atoms with Gasteiger partial charge in [0.2, 0.25) is 0 Å². The molecular formula is C15H24N4O. The molecule has 2 heterocycles. The molecule has 1 aliphatic rings. The smallest absolute Gasteiger partial charge is 0.252 e. The van der Waals surface area contributed by atoms with E-state index < -0.39 is 5.91 Å². The quantitative estimate of drug-likeness (QED) is 0.904. The average Bonchev–Trinajstić information content (AvgIpc) is 2.41. The van der Waals surface area contributed by atoms with Crippen LogP contribution in [0, 0.1) is 13.8 Å². The van der Waals surface area contributed by atoms with Crippen LogP contribution in [0.5, 0.6) is 0 Å². The van der Waals surface area contributed by atoms with Crippen LogP contribution in [0.2, 0.25) is 0 Å². The highest BCUT2D eigenvalue weighted by atomic mass is 16.1. The molecule has 5 nitrogen and oxygen atoms in total. The van der Waals surface area contributed by atoms with Crippen molar-refractivity contribution in [2.45, 2.75) is 33.2 Å². The summed E-state index contributed by atoms with van der Waals surface area (Å²) in [6.07, 6.45) is 1.09. The number of aromatic nitrogens is 1. The van der Waals surface area contributed by atoms with Crippen molar-refractivity contribution >= 4 is 11.7 Å². The Kier molecular flexibility index (Phi) is 4.28. The van der Waals surface area contributed by atoms with Crippen molar-refractivity contribution in [3.05, 3.63) is 22.9 Å². The van der Waals surface area contributed by atoms with Gasteiger partial charge in [0, 0.05) is 31.4 Å². The summed E-state index contributed by atoms with van der Waals surface area (Å²) in [5, 5.41) is 0. The molecule has 20 heavy (non-hydrogen) atoms. The molecule has 0 unspecified atom stereocenters. The van der Waals surface area contributed by atoms with Gasteiger partial charge in [-0.3, -0.25) is 9.69 Å². The van der Waals surface area contributed by atoms with E-state index in [1.807, 2.05) is 19.9 Å². The van der Waals surface area contributed by atoms with Crippen molar-refractivity contribution in [2.24, 2.45) is 5.73 Å². The number of likely N-dealkylation sites (N-methyl/N-ethyl adjacent to an activating group) is 1. The number of anilines is 1. The van der Waals surface area contributed by atoms with Gasteiger partial charge in [0.15, 0.2) is 0 Å². The molecule has 1 amide bonds. The number of rotatable bonds is 3. The first-order valence-electron chi connectivity index (χ1n) is 7.17. The number of nitrogens with zero attached hydrogens (tertiary/aromatic N) is 3. The van der Waals surface area contributed by atoms with Gasteiger partial charge in [-0.1, -0.05) is 6.92 Å². The second-order valence-corrected chi connectivity index (χ2v) is 5.61. The minimum Gasteiger partial charge on any atom is -0.365 e. The summed E-state index contributed by atoms with van der Waals surface area (Å²) < 4.78 is 0. The predicted molar refractivity (Wildman–Crippen MR) is 81.2 cm³/mol. The summed E-state index contributed by atoms with van der Waals surface area (Å²) in [7, 11) is 2.15. The SMILES string of the molecule is CC[C@H]1CN(c2nc(C)c(C)cc2C(N)=O)CCN1C. The highest BCUT2D eigenvalue weighted by Crippen LogP contribution is 2.24. The molecule has 1 aromatic heterocycles. The zero-order valence-electron chi connectivity index (χ0n) is 12.8. The van der Waals surface area contributed by atoms with E-state index >= 15 is 0 Å². The molecule has 1 aliphatic heterocycles. The van der Waals surface area contributed by atoms with Crippen molar-refractivity contribution in [1.82, 2.24) is 9.88 Å². The molecule has 2 N–H and O–H groups in total. The number of carbonyl (C=O) groups is 1. The lowest BCUT2D eigenvalue weighted by atomic mass is 10.1. The first kappa shape index (κ1) is 14.8. The van der Waals surface area contributed by atoms with Crippen molar-refractivity contribution in [2.75, 3.05) is 31.6 Å². The van der Waals surface area contributed by atoms with E-state index in [0.29, 0.717) is 11.6 Å². The number of pyridine rings is 1. The van der Waals surface area contributed by atoms with E-state index in [1.54, 1.807) is 0 Å². The summed E-state index contributed by atoms with van der Waals surface area (Å²) in [5.41, 5.74) is 8.01. The minimum absolute atomic E-state index is 0.400. The predicted octanol–water partition coefficient (Wildman–Crippen LogP) is 1.33. The van der Waals surface area contributed by atoms with E-state index in [0.717, 1.165) is 43.1 Å². The van der Waals surface area contributed by atoms with Crippen molar-refractivity contribution < 1.29 is 4.79 Å². The molecule has 1 fully saturated rings. The molecule has 2 rings (SSSR count). The van der Waals surface area contributed by atoms with Crippen LogP contribution in [0.4, 0.5) is 5.82 Å². The fourth-order valence-corrected chi connectivity index (χ4v) is 2.69. The fraction of sp³-hybridized carbons (Fsp3) is 0.600. The van der Waals surface area contributed by atoms with Crippen LogP contribution in [0.15, 0.2) is 6.07 Å². The van der Waals surface area contributed by atoms with E-state index in [9.17, 15) is 4.79 Å². The molecule has 0 aromatic carbocycles. The topological polar surface area (TPSA) is 62.5 Å². The Morgan fingerprint density at radius 2 is 2.15 bits per heavy atom. The Morgan fingerprint density at radius 1 is 1.45 bits per heavy atom. The van der Waals surface area contributed by atoms with Crippen LogP contribution in [-0.4, -0.2) is 48.5 Å². The van der Waals surface area contributed by atoms with Gasteiger partial charge in [-0.15, -0.1) is 0 Å².